The minimum absolute atomic E-state index is 0.190. The van der Waals surface area contributed by atoms with E-state index in [0.29, 0.717) is 17.7 Å². The predicted octanol–water partition coefficient (Wildman–Crippen LogP) is 2.55. The maximum Gasteiger partial charge on any atom is 0.315 e. The molecule has 2 N–H and O–H groups in total. The third-order valence-electron chi connectivity index (χ3n) is 2.30. The molecule has 0 aliphatic rings. The first-order valence-corrected chi connectivity index (χ1v) is 5.43. The fraction of sp³-hybridized carbons (Fsp3) is 0.333. The van der Waals surface area contributed by atoms with Gasteiger partial charge < -0.3 is 10.6 Å². The number of rotatable bonds is 4. The molecule has 6 heteroatoms. The fourth-order valence-corrected chi connectivity index (χ4v) is 1.27. The number of hydrogen-bond donors (Lipinski definition) is 2. The molecule has 0 bridgehead atoms. The van der Waals surface area contributed by atoms with Crippen molar-refractivity contribution in [3.8, 4) is 0 Å². The van der Waals surface area contributed by atoms with Gasteiger partial charge in [-0.15, -0.1) is 0 Å². The number of benzene rings is 1. The van der Waals surface area contributed by atoms with Crippen LogP contribution in [0.15, 0.2) is 18.2 Å². The molecule has 4 nitrogen and oxygen atoms in total. The Morgan fingerprint density at radius 1 is 1.28 bits per heavy atom. The summed E-state index contributed by atoms with van der Waals surface area (Å²) in [5.41, 5.74) is 1.35. The number of alkyl halides is 2. The number of carbonyl (C=O) groups excluding carboxylic acids is 2. The first-order valence-electron chi connectivity index (χ1n) is 5.43. The highest BCUT2D eigenvalue weighted by Crippen LogP contribution is 2.21. The molecule has 0 spiro atoms. The van der Waals surface area contributed by atoms with E-state index < -0.39 is 12.3 Å². The van der Waals surface area contributed by atoms with E-state index in [2.05, 4.69) is 10.6 Å². The summed E-state index contributed by atoms with van der Waals surface area (Å²) < 4.78 is 24.3. The second-order valence-electron chi connectivity index (χ2n) is 3.72. The molecule has 0 atom stereocenters. The Labute approximate surface area is 103 Å². The number of carbonyl (C=O) groups is 2. The summed E-state index contributed by atoms with van der Waals surface area (Å²) in [5, 5.41) is 4.69. The second-order valence-corrected chi connectivity index (χ2v) is 3.72. The molecular weight excluding hydrogens is 242 g/mol. The number of hydrogen-bond acceptors (Lipinski definition) is 2. The van der Waals surface area contributed by atoms with Crippen molar-refractivity contribution in [3.63, 3.8) is 0 Å². The van der Waals surface area contributed by atoms with E-state index >= 15 is 0 Å². The summed E-state index contributed by atoms with van der Waals surface area (Å²) in [6.07, 6.45) is -2.76. The minimum atomic E-state index is -3.07. The van der Waals surface area contributed by atoms with E-state index in [0.717, 1.165) is 0 Å². The molecule has 1 rings (SSSR count). The Balaban J connectivity index is 2.87. The zero-order chi connectivity index (χ0) is 13.7. The molecule has 0 radical (unpaired) electrons. The van der Waals surface area contributed by atoms with Gasteiger partial charge in [-0.1, -0.05) is 13.0 Å². The molecular formula is C12H14F2N2O2. The summed E-state index contributed by atoms with van der Waals surface area (Å²) in [5.74, 6) is -1.55. The van der Waals surface area contributed by atoms with Crippen LogP contribution < -0.4 is 10.6 Å². The Morgan fingerprint density at radius 2 is 1.94 bits per heavy atom. The van der Waals surface area contributed by atoms with Crippen molar-refractivity contribution < 1.29 is 18.4 Å². The Bertz CT molecular complexity index is 461. The Morgan fingerprint density at radius 3 is 2.50 bits per heavy atom. The van der Waals surface area contributed by atoms with Crippen LogP contribution in [0.5, 0.6) is 0 Å². The molecule has 0 heterocycles. The molecule has 2 amide bonds. The SMILES string of the molecule is CCC(=O)Nc1ccc(C)c(NC(=O)C(F)F)c1. The van der Waals surface area contributed by atoms with Gasteiger partial charge in [-0.3, -0.25) is 9.59 Å². The molecule has 0 aliphatic carbocycles. The Hall–Kier alpha value is -1.98. The lowest BCUT2D eigenvalue weighted by Gasteiger charge is -2.10. The molecule has 0 fully saturated rings. The molecule has 0 unspecified atom stereocenters. The minimum Gasteiger partial charge on any atom is -0.326 e. The van der Waals surface area contributed by atoms with E-state index in [1.807, 2.05) is 0 Å². The smallest absolute Gasteiger partial charge is 0.315 e. The molecule has 0 aromatic heterocycles. The summed E-state index contributed by atoms with van der Waals surface area (Å²) in [7, 11) is 0. The summed E-state index contributed by atoms with van der Waals surface area (Å²) in [4.78, 5) is 22.1. The molecule has 0 aliphatic heterocycles. The van der Waals surface area contributed by atoms with Crippen LogP contribution in [-0.4, -0.2) is 18.2 Å². The van der Waals surface area contributed by atoms with Crippen LogP contribution >= 0.6 is 0 Å². The number of halogens is 2. The van der Waals surface area contributed by atoms with Crippen molar-refractivity contribution in [2.24, 2.45) is 0 Å². The predicted molar refractivity (Wildman–Crippen MR) is 64.7 cm³/mol. The van der Waals surface area contributed by atoms with Crippen LogP contribution in [0.3, 0.4) is 0 Å². The molecule has 0 saturated carbocycles. The second kappa shape index (κ2) is 6.09. The molecule has 98 valence electrons. The van der Waals surface area contributed by atoms with Crippen LogP contribution in [-0.2, 0) is 9.59 Å². The van der Waals surface area contributed by atoms with Gasteiger partial charge in [-0.2, -0.15) is 8.78 Å². The van der Waals surface area contributed by atoms with Gasteiger partial charge in [0, 0.05) is 17.8 Å². The van der Waals surface area contributed by atoms with Crippen molar-refractivity contribution in [2.75, 3.05) is 10.6 Å². The lowest BCUT2D eigenvalue weighted by molar-refractivity contribution is -0.126. The van der Waals surface area contributed by atoms with E-state index in [1.54, 1.807) is 26.0 Å². The van der Waals surface area contributed by atoms with Crippen molar-refractivity contribution in [3.05, 3.63) is 23.8 Å². The van der Waals surface area contributed by atoms with Gasteiger partial charge in [-0.05, 0) is 24.6 Å². The van der Waals surface area contributed by atoms with Crippen LogP contribution in [0.2, 0.25) is 0 Å². The standard InChI is InChI=1S/C12H14F2N2O2/c1-3-10(17)15-8-5-4-7(2)9(6-8)16-12(18)11(13)14/h4-6,11H,3H2,1-2H3,(H,15,17)(H,16,18). The van der Waals surface area contributed by atoms with Crippen LogP contribution in [0, 0.1) is 6.92 Å². The van der Waals surface area contributed by atoms with E-state index in [-0.39, 0.29) is 11.6 Å². The number of aryl methyl sites for hydroxylation is 1. The van der Waals surface area contributed by atoms with Gasteiger partial charge in [-0.25, -0.2) is 0 Å². The third kappa shape index (κ3) is 3.80. The highest BCUT2D eigenvalue weighted by Gasteiger charge is 2.16. The van der Waals surface area contributed by atoms with E-state index in [4.69, 9.17) is 0 Å². The zero-order valence-electron chi connectivity index (χ0n) is 10.1. The lowest BCUT2D eigenvalue weighted by Crippen LogP contribution is -2.20. The van der Waals surface area contributed by atoms with Crippen molar-refractivity contribution in [2.45, 2.75) is 26.7 Å². The average molecular weight is 256 g/mol. The van der Waals surface area contributed by atoms with Gasteiger partial charge >= 0.3 is 6.43 Å². The van der Waals surface area contributed by atoms with Gasteiger partial charge in [0.15, 0.2) is 0 Å². The van der Waals surface area contributed by atoms with Gasteiger partial charge in [0.2, 0.25) is 5.91 Å². The first-order chi connectivity index (χ1) is 8.43. The molecule has 1 aromatic carbocycles. The third-order valence-corrected chi connectivity index (χ3v) is 2.30. The van der Waals surface area contributed by atoms with Crippen molar-refractivity contribution >= 4 is 23.2 Å². The largest absolute Gasteiger partial charge is 0.326 e. The maximum atomic E-state index is 12.1. The topological polar surface area (TPSA) is 58.2 Å². The van der Waals surface area contributed by atoms with Crippen molar-refractivity contribution in [1.82, 2.24) is 0 Å². The number of nitrogens with one attached hydrogen (secondary N) is 2. The normalized spacial score (nSPS) is 10.3. The van der Waals surface area contributed by atoms with Crippen LogP contribution in [0.1, 0.15) is 18.9 Å². The maximum absolute atomic E-state index is 12.1. The average Bonchev–Trinajstić information content (AvgIpc) is 2.33. The van der Waals surface area contributed by atoms with Gasteiger partial charge in [0.05, 0.1) is 0 Å². The van der Waals surface area contributed by atoms with Crippen LogP contribution in [0.4, 0.5) is 20.2 Å². The lowest BCUT2D eigenvalue weighted by atomic mass is 10.1. The highest BCUT2D eigenvalue weighted by molar-refractivity contribution is 5.95. The fourth-order valence-electron chi connectivity index (χ4n) is 1.27. The molecule has 18 heavy (non-hydrogen) atoms. The van der Waals surface area contributed by atoms with E-state index in [9.17, 15) is 18.4 Å². The van der Waals surface area contributed by atoms with Crippen molar-refractivity contribution in [1.29, 1.82) is 0 Å². The summed E-state index contributed by atoms with van der Waals surface area (Å²) in [6.45, 7) is 3.37. The summed E-state index contributed by atoms with van der Waals surface area (Å²) in [6, 6.07) is 4.72. The molecule has 0 saturated heterocycles. The first kappa shape index (κ1) is 14.1. The monoisotopic (exact) mass is 256 g/mol. The molecule has 1 aromatic rings. The van der Waals surface area contributed by atoms with Crippen LogP contribution in [0.25, 0.3) is 0 Å². The number of amides is 2. The number of anilines is 2. The highest BCUT2D eigenvalue weighted by atomic mass is 19.3. The van der Waals surface area contributed by atoms with Gasteiger partial charge in [0.1, 0.15) is 0 Å². The zero-order valence-corrected chi connectivity index (χ0v) is 10.1. The summed E-state index contributed by atoms with van der Waals surface area (Å²) >= 11 is 0. The van der Waals surface area contributed by atoms with Gasteiger partial charge in [0.25, 0.3) is 5.91 Å². The van der Waals surface area contributed by atoms with E-state index in [1.165, 1.54) is 6.07 Å². The Kier molecular flexibility index (Phi) is 4.76. The quantitative estimate of drug-likeness (QED) is 0.869.